The predicted molar refractivity (Wildman–Crippen MR) is 80.2 cm³/mol. The van der Waals surface area contributed by atoms with Crippen LogP contribution in [0.1, 0.15) is 38.0 Å². The van der Waals surface area contributed by atoms with Gasteiger partial charge in [0.15, 0.2) is 0 Å². The Kier molecular flexibility index (Phi) is 3.87. The van der Waals surface area contributed by atoms with E-state index in [1.54, 1.807) is 19.2 Å². The second-order valence-electron chi connectivity index (χ2n) is 5.48. The highest BCUT2D eigenvalue weighted by atomic mass is 35.5. The molecule has 1 aromatic carbocycles. The van der Waals surface area contributed by atoms with Gasteiger partial charge in [0.25, 0.3) is 0 Å². The van der Waals surface area contributed by atoms with E-state index in [9.17, 15) is 0 Å². The van der Waals surface area contributed by atoms with Crippen LogP contribution in [0.15, 0.2) is 22.7 Å². The average Bonchev–Trinajstić information content (AvgIpc) is 2.98. The largest absolute Gasteiger partial charge is 0.496 e. The molecule has 0 amide bonds. The Morgan fingerprint density at radius 2 is 2.05 bits per heavy atom. The summed E-state index contributed by atoms with van der Waals surface area (Å²) in [6.45, 7) is 0. The van der Waals surface area contributed by atoms with Gasteiger partial charge >= 0.3 is 0 Å². The minimum atomic E-state index is -0.497. The van der Waals surface area contributed by atoms with Gasteiger partial charge in [-0.05, 0) is 31.0 Å². The van der Waals surface area contributed by atoms with E-state index in [0.29, 0.717) is 22.5 Å². The SMILES string of the molecule is COc1cc(Cl)ccc1-c1noc(C2(N)CCCCC2)n1. The van der Waals surface area contributed by atoms with Crippen molar-refractivity contribution in [3.63, 3.8) is 0 Å². The number of nitrogens with two attached hydrogens (primary N) is 1. The molecule has 0 spiro atoms. The van der Waals surface area contributed by atoms with Crippen molar-refractivity contribution < 1.29 is 9.26 Å². The van der Waals surface area contributed by atoms with E-state index < -0.39 is 5.54 Å². The maximum atomic E-state index is 6.42. The first-order chi connectivity index (χ1) is 10.1. The molecule has 0 aliphatic heterocycles. The van der Waals surface area contributed by atoms with Crippen molar-refractivity contribution in [2.75, 3.05) is 7.11 Å². The number of rotatable bonds is 3. The Balaban J connectivity index is 1.95. The van der Waals surface area contributed by atoms with Crippen molar-refractivity contribution in [2.24, 2.45) is 5.73 Å². The van der Waals surface area contributed by atoms with E-state index in [-0.39, 0.29) is 0 Å². The highest BCUT2D eigenvalue weighted by molar-refractivity contribution is 6.30. The summed E-state index contributed by atoms with van der Waals surface area (Å²) in [4.78, 5) is 4.49. The molecule has 1 saturated carbocycles. The number of hydrogen-bond acceptors (Lipinski definition) is 5. The van der Waals surface area contributed by atoms with E-state index in [2.05, 4.69) is 10.1 Å². The van der Waals surface area contributed by atoms with Gasteiger partial charge in [0.2, 0.25) is 11.7 Å². The second kappa shape index (κ2) is 5.66. The number of benzene rings is 1. The zero-order valence-corrected chi connectivity index (χ0v) is 12.7. The van der Waals surface area contributed by atoms with Gasteiger partial charge in [0, 0.05) is 5.02 Å². The zero-order valence-electron chi connectivity index (χ0n) is 11.9. The van der Waals surface area contributed by atoms with Crippen LogP contribution in [-0.4, -0.2) is 17.3 Å². The molecule has 6 heteroatoms. The van der Waals surface area contributed by atoms with Crippen molar-refractivity contribution in [3.8, 4) is 17.1 Å². The summed E-state index contributed by atoms with van der Waals surface area (Å²) in [7, 11) is 1.59. The molecule has 0 atom stereocenters. The lowest BCUT2D eigenvalue weighted by Gasteiger charge is -2.29. The van der Waals surface area contributed by atoms with Gasteiger partial charge in [-0.2, -0.15) is 4.98 Å². The first-order valence-corrected chi connectivity index (χ1v) is 7.47. The summed E-state index contributed by atoms with van der Waals surface area (Å²) in [6.07, 6.45) is 5.17. The fourth-order valence-corrected chi connectivity index (χ4v) is 2.94. The quantitative estimate of drug-likeness (QED) is 0.939. The normalized spacial score (nSPS) is 17.7. The van der Waals surface area contributed by atoms with Gasteiger partial charge < -0.3 is 15.0 Å². The average molecular weight is 308 g/mol. The Morgan fingerprint density at radius 3 is 2.76 bits per heavy atom. The molecule has 3 rings (SSSR count). The molecule has 0 saturated heterocycles. The summed E-state index contributed by atoms with van der Waals surface area (Å²) in [5.74, 6) is 1.60. The van der Waals surface area contributed by atoms with Crippen LogP contribution in [0, 0.1) is 0 Å². The maximum absolute atomic E-state index is 6.42. The van der Waals surface area contributed by atoms with Crippen molar-refractivity contribution in [3.05, 3.63) is 29.1 Å². The standard InChI is InChI=1S/C15H18ClN3O2/c1-20-12-9-10(16)5-6-11(12)13-18-14(21-19-13)15(17)7-3-2-4-8-15/h5-6,9H,2-4,7-8,17H2,1H3. The fourth-order valence-electron chi connectivity index (χ4n) is 2.78. The Bertz CT molecular complexity index is 636. The third-order valence-electron chi connectivity index (χ3n) is 4.00. The third kappa shape index (κ3) is 2.76. The number of halogens is 1. The highest BCUT2D eigenvalue weighted by Gasteiger charge is 2.35. The van der Waals surface area contributed by atoms with Crippen LogP contribution in [0.3, 0.4) is 0 Å². The molecule has 1 fully saturated rings. The Hall–Kier alpha value is -1.59. The Labute approximate surface area is 128 Å². The van der Waals surface area contributed by atoms with E-state index in [4.69, 9.17) is 26.6 Å². The molecule has 1 heterocycles. The molecule has 0 unspecified atom stereocenters. The molecule has 112 valence electrons. The van der Waals surface area contributed by atoms with Gasteiger partial charge in [-0.1, -0.05) is 36.0 Å². The third-order valence-corrected chi connectivity index (χ3v) is 4.24. The molecule has 1 aromatic heterocycles. The molecule has 21 heavy (non-hydrogen) atoms. The molecule has 0 radical (unpaired) electrons. The predicted octanol–water partition coefficient (Wildman–Crippen LogP) is 3.52. The van der Waals surface area contributed by atoms with Crippen LogP contribution in [0.4, 0.5) is 0 Å². The van der Waals surface area contributed by atoms with Gasteiger partial charge in [0.1, 0.15) is 5.75 Å². The van der Waals surface area contributed by atoms with Crippen LogP contribution in [0.25, 0.3) is 11.4 Å². The molecule has 5 nitrogen and oxygen atoms in total. The first kappa shape index (κ1) is 14.4. The second-order valence-corrected chi connectivity index (χ2v) is 5.92. The summed E-state index contributed by atoms with van der Waals surface area (Å²) in [5.41, 5.74) is 6.67. The summed E-state index contributed by atoms with van der Waals surface area (Å²) in [6, 6.07) is 5.32. The van der Waals surface area contributed by atoms with Crippen LogP contribution in [0.5, 0.6) is 5.75 Å². The van der Waals surface area contributed by atoms with Gasteiger partial charge in [-0.25, -0.2) is 0 Å². The molecule has 0 bridgehead atoms. The maximum Gasteiger partial charge on any atom is 0.247 e. The molecule has 2 aromatic rings. The van der Waals surface area contributed by atoms with E-state index in [1.807, 2.05) is 6.07 Å². The van der Waals surface area contributed by atoms with E-state index in [0.717, 1.165) is 31.2 Å². The van der Waals surface area contributed by atoms with Crippen molar-refractivity contribution in [2.45, 2.75) is 37.6 Å². The molecule has 1 aliphatic carbocycles. The topological polar surface area (TPSA) is 74.2 Å². The number of aromatic nitrogens is 2. The number of methoxy groups -OCH3 is 1. The van der Waals surface area contributed by atoms with Crippen molar-refractivity contribution >= 4 is 11.6 Å². The van der Waals surface area contributed by atoms with Crippen LogP contribution in [0.2, 0.25) is 5.02 Å². The number of hydrogen-bond donors (Lipinski definition) is 1. The van der Waals surface area contributed by atoms with Crippen molar-refractivity contribution in [1.29, 1.82) is 0 Å². The monoisotopic (exact) mass is 307 g/mol. The number of nitrogens with zero attached hydrogens (tertiary/aromatic N) is 2. The van der Waals surface area contributed by atoms with E-state index in [1.165, 1.54) is 6.42 Å². The Morgan fingerprint density at radius 1 is 1.29 bits per heavy atom. The molecular formula is C15H18ClN3O2. The molecule has 1 aliphatic rings. The van der Waals surface area contributed by atoms with Crippen molar-refractivity contribution in [1.82, 2.24) is 10.1 Å². The first-order valence-electron chi connectivity index (χ1n) is 7.09. The lowest BCUT2D eigenvalue weighted by molar-refractivity contribution is 0.220. The van der Waals surface area contributed by atoms with Crippen LogP contribution >= 0.6 is 11.6 Å². The van der Waals surface area contributed by atoms with Gasteiger partial charge in [0.05, 0.1) is 18.2 Å². The minimum Gasteiger partial charge on any atom is -0.496 e. The lowest BCUT2D eigenvalue weighted by Crippen LogP contribution is -2.38. The summed E-state index contributed by atoms with van der Waals surface area (Å²) >= 11 is 5.97. The van der Waals surface area contributed by atoms with Gasteiger partial charge in [-0.3, -0.25) is 0 Å². The summed E-state index contributed by atoms with van der Waals surface area (Å²) < 4.78 is 10.7. The molecular weight excluding hydrogens is 290 g/mol. The fraction of sp³-hybridized carbons (Fsp3) is 0.467. The molecule has 2 N–H and O–H groups in total. The van der Waals surface area contributed by atoms with Crippen LogP contribution in [-0.2, 0) is 5.54 Å². The van der Waals surface area contributed by atoms with E-state index >= 15 is 0 Å². The smallest absolute Gasteiger partial charge is 0.247 e. The summed E-state index contributed by atoms with van der Waals surface area (Å²) in [5, 5.41) is 4.65. The number of ether oxygens (including phenoxy) is 1. The van der Waals surface area contributed by atoms with Gasteiger partial charge in [-0.15, -0.1) is 0 Å². The highest BCUT2D eigenvalue weighted by Crippen LogP contribution is 2.36. The minimum absolute atomic E-state index is 0.480. The van der Waals surface area contributed by atoms with Crippen LogP contribution < -0.4 is 10.5 Å². The zero-order chi connectivity index (χ0) is 14.9. The lowest BCUT2D eigenvalue weighted by atomic mass is 9.82.